The number of aliphatic hydroxyl groups is 1. The minimum absolute atomic E-state index is 0.110. The van der Waals surface area contributed by atoms with Gasteiger partial charge >= 0.3 is 5.97 Å². The molecule has 0 spiro atoms. The molecule has 122 valence electrons. The number of aliphatic carboxylic acids is 1. The third kappa shape index (κ3) is 2.82. The molecule has 0 bridgehead atoms. The predicted molar refractivity (Wildman–Crippen MR) is 80.9 cm³/mol. The minimum Gasteiger partial charge on any atom is -0.490 e. The number of benzene rings is 1. The van der Waals surface area contributed by atoms with Crippen LogP contribution in [0, 0.1) is 0 Å². The van der Waals surface area contributed by atoms with Crippen molar-refractivity contribution in [3.63, 3.8) is 0 Å². The Kier molecular flexibility index (Phi) is 4.10. The van der Waals surface area contributed by atoms with Gasteiger partial charge < -0.3 is 19.8 Å². The van der Waals surface area contributed by atoms with Gasteiger partial charge in [-0.1, -0.05) is 11.6 Å². The average molecular weight is 340 g/mol. The summed E-state index contributed by atoms with van der Waals surface area (Å²) in [5, 5.41) is 20.7. The number of rotatable bonds is 5. The van der Waals surface area contributed by atoms with Gasteiger partial charge in [0, 0.05) is 5.56 Å². The third-order valence-corrected chi connectivity index (χ3v) is 4.05. The summed E-state index contributed by atoms with van der Waals surface area (Å²) in [4.78, 5) is 28.8. The molecule has 1 amide bonds. The highest BCUT2D eigenvalue weighted by Crippen LogP contribution is 2.39. The zero-order valence-electron chi connectivity index (χ0n) is 12.0. The molecule has 3 N–H and O–H groups in total. The van der Waals surface area contributed by atoms with Crippen molar-refractivity contribution in [2.24, 2.45) is 4.99 Å². The quantitative estimate of drug-likeness (QED) is 0.719. The summed E-state index contributed by atoms with van der Waals surface area (Å²) >= 11 is 6.32. The van der Waals surface area contributed by atoms with Gasteiger partial charge in [-0.15, -0.1) is 0 Å². The number of aliphatic hydroxyl groups excluding tert-OH is 1. The molecule has 9 heteroatoms. The van der Waals surface area contributed by atoms with E-state index in [-0.39, 0.29) is 26.2 Å². The highest BCUT2D eigenvalue weighted by atomic mass is 35.5. The Morgan fingerprint density at radius 3 is 3.00 bits per heavy atom. The fourth-order valence-electron chi connectivity index (χ4n) is 2.60. The highest BCUT2D eigenvalue weighted by molar-refractivity contribution is 6.33. The molecule has 0 radical (unpaired) electrons. The molecule has 3 rings (SSSR count). The molecule has 1 aromatic rings. The number of nitrogens with one attached hydrogen (secondary N) is 1. The number of amides is 1. The monoisotopic (exact) mass is 339 g/mol. The van der Waals surface area contributed by atoms with Gasteiger partial charge in [-0.05, 0) is 12.1 Å². The Bertz CT molecular complexity index is 706. The van der Waals surface area contributed by atoms with E-state index in [0.29, 0.717) is 28.0 Å². The van der Waals surface area contributed by atoms with Gasteiger partial charge in [0.1, 0.15) is 18.4 Å². The van der Waals surface area contributed by atoms with Crippen LogP contribution in [0.15, 0.2) is 17.1 Å². The van der Waals surface area contributed by atoms with Crippen molar-refractivity contribution in [1.29, 1.82) is 0 Å². The zero-order valence-corrected chi connectivity index (χ0v) is 12.7. The van der Waals surface area contributed by atoms with Crippen LogP contribution in [-0.2, 0) is 16.1 Å². The first-order valence-electron chi connectivity index (χ1n) is 6.94. The van der Waals surface area contributed by atoms with E-state index in [1.165, 1.54) is 0 Å². The normalized spacial score (nSPS) is 18.9. The first kappa shape index (κ1) is 15.6. The van der Waals surface area contributed by atoms with Gasteiger partial charge in [0.05, 0.1) is 30.3 Å². The van der Waals surface area contributed by atoms with Crippen LogP contribution in [0.4, 0.5) is 5.69 Å². The van der Waals surface area contributed by atoms with E-state index in [2.05, 4.69) is 10.3 Å². The molecule has 1 aromatic carbocycles. The van der Waals surface area contributed by atoms with Crippen molar-refractivity contribution < 1.29 is 24.5 Å². The van der Waals surface area contributed by atoms with Crippen molar-refractivity contribution in [3.8, 4) is 5.75 Å². The van der Waals surface area contributed by atoms with Crippen LogP contribution in [-0.4, -0.2) is 52.2 Å². The number of hydrogen-bond donors (Lipinski definition) is 3. The summed E-state index contributed by atoms with van der Waals surface area (Å²) in [6, 6.07) is 2.52. The van der Waals surface area contributed by atoms with Crippen LogP contribution in [0.1, 0.15) is 12.0 Å². The maximum Gasteiger partial charge on any atom is 0.305 e. The number of halogens is 1. The van der Waals surface area contributed by atoms with Crippen LogP contribution in [0.3, 0.4) is 0 Å². The number of carbonyl (C=O) groups is 2. The lowest BCUT2D eigenvalue weighted by Crippen LogP contribution is -2.38. The predicted octanol–water partition coefficient (Wildman–Crippen LogP) is 0.487. The molecule has 0 saturated carbocycles. The number of carboxylic acids is 1. The van der Waals surface area contributed by atoms with E-state index in [9.17, 15) is 9.59 Å². The Hall–Kier alpha value is -2.32. The summed E-state index contributed by atoms with van der Waals surface area (Å²) in [6.07, 6.45) is -0.321. The highest BCUT2D eigenvalue weighted by Gasteiger charge is 2.40. The van der Waals surface area contributed by atoms with Crippen molar-refractivity contribution in [2.45, 2.75) is 19.0 Å². The molecule has 2 heterocycles. The van der Waals surface area contributed by atoms with Crippen LogP contribution < -0.4 is 10.1 Å². The summed E-state index contributed by atoms with van der Waals surface area (Å²) < 4.78 is 5.35. The number of carboxylic acid groups (broad SMARTS) is 1. The van der Waals surface area contributed by atoms with Crippen LogP contribution in [0.25, 0.3) is 0 Å². The molecule has 2 aliphatic heterocycles. The molecule has 1 unspecified atom stereocenters. The maximum atomic E-state index is 11.9. The SMILES string of the molecule is O=C(O)CC1C(=O)NC2=Nc3ccc(OCCO)c(Cl)c3CN21. The van der Waals surface area contributed by atoms with E-state index in [1.54, 1.807) is 17.0 Å². The molecule has 1 fully saturated rings. The van der Waals surface area contributed by atoms with Gasteiger partial charge in [-0.3, -0.25) is 14.9 Å². The molecule has 23 heavy (non-hydrogen) atoms. The smallest absolute Gasteiger partial charge is 0.305 e. The van der Waals surface area contributed by atoms with Crippen LogP contribution >= 0.6 is 11.6 Å². The number of guanidine groups is 1. The summed E-state index contributed by atoms with van der Waals surface area (Å²) in [6.45, 7) is 0.222. The molecule has 2 aliphatic rings. The topological polar surface area (TPSA) is 111 Å². The Balaban J connectivity index is 1.93. The molecular formula is C14H14ClN3O5. The fourth-order valence-corrected chi connectivity index (χ4v) is 2.87. The lowest BCUT2D eigenvalue weighted by Gasteiger charge is -2.28. The molecule has 1 saturated heterocycles. The van der Waals surface area contributed by atoms with Gasteiger partial charge in [-0.2, -0.15) is 0 Å². The Morgan fingerprint density at radius 1 is 1.52 bits per heavy atom. The second kappa shape index (κ2) is 6.05. The molecule has 0 aromatic heterocycles. The van der Waals surface area contributed by atoms with E-state index in [4.69, 9.17) is 26.6 Å². The summed E-state index contributed by atoms with van der Waals surface area (Å²) in [7, 11) is 0. The standard InChI is InChI=1S/C14H14ClN3O5/c15-12-7-6-18-9(5-11(20)21)13(22)17-14(18)16-8(7)1-2-10(12)23-4-3-19/h1-2,9,19H,3-6H2,(H,20,21)(H,16,17,22). The van der Waals surface area contributed by atoms with Crippen molar-refractivity contribution in [3.05, 3.63) is 22.7 Å². The number of hydrogen-bond acceptors (Lipinski definition) is 6. The van der Waals surface area contributed by atoms with E-state index in [1.807, 2.05) is 0 Å². The lowest BCUT2D eigenvalue weighted by molar-refractivity contribution is -0.140. The Morgan fingerprint density at radius 2 is 2.30 bits per heavy atom. The molecule has 8 nitrogen and oxygen atoms in total. The molecular weight excluding hydrogens is 326 g/mol. The summed E-state index contributed by atoms with van der Waals surface area (Å²) in [5.74, 6) is -0.726. The number of ether oxygens (including phenoxy) is 1. The van der Waals surface area contributed by atoms with Gasteiger partial charge in [0.25, 0.3) is 0 Å². The van der Waals surface area contributed by atoms with Crippen LogP contribution in [0.5, 0.6) is 5.75 Å². The van der Waals surface area contributed by atoms with Gasteiger partial charge in [-0.25, -0.2) is 4.99 Å². The van der Waals surface area contributed by atoms with Crippen molar-refractivity contribution in [1.82, 2.24) is 10.2 Å². The second-order valence-corrected chi connectivity index (χ2v) is 5.49. The third-order valence-electron chi connectivity index (χ3n) is 3.64. The number of nitrogens with zero attached hydrogens (tertiary/aromatic N) is 2. The van der Waals surface area contributed by atoms with E-state index >= 15 is 0 Å². The number of aliphatic imine (C=N–C) groups is 1. The lowest BCUT2D eigenvalue weighted by atomic mass is 10.1. The minimum atomic E-state index is -1.07. The molecule has 0 aliphatic carbocycles. The number of carbonyl (C=O) groups excluding carboxylic acids is 1. The summed E-state index contributed by atoms with van der Waals surface area (Å²) in [5.41, 5.74) is 1.24. The maximum absolute atomic E-state index is 11.9. The first-order valence-corrected chi connectivity index (χ1v) is 7.32. The van der Waals surface area contributed by atoms with Gasteiger partial charge in [0.15, 0.2) is 0 Å². The number of fused-ring (bicyclic) bond motifs is 2. The van der Waals surface area contributed by atoms with Gasteiger partial charge in [0.2, 0.25) is 11.9 Å². The van der Waals surface area contributed by atoms with E-state index in [0.717, 1.165) is 0 Å². The average Bonchev–Trinajstić information content (AvgIpc) is 2.80. The van der Waals surface area contributed by atoms with Crippen molar-refractivity contribution in [2.75, 3.05) is 13.2 Å². The Labute approximate surface area is 136 Å². The fraction of sp³-hybridized carbons (Fsp3) is 0.357. The van der Waals surface area contributed by atoms with Crippen LogP contribution in [0.2, 0.25) is 5.02 Å². The van der Waals surface area contributed by atoms with E-state index < -0.39 is 17.9 Å². The second-order valence-electron chi connectivity index (χ2n) is 5.11. The first-order chi connectivity index (χ1) is 11.0. The zero-order chi connectivity index (χ0) is 16.6. The molecule has 1 atom stereocenters. The van der Waals surface area contributed by atoms with Crippen molar-refractivity contribution >= 4 is 35.1 Å². The largest absolute Gasteiger partial charge is 0.490 e.